The van der Waals surface area contributed by atoms with Gasteiger partial charge < -0.3 is 10.5 Å². The Morgan fingerprint density at radius 3 is 2.87 bits per heavy atom. The van der Waals surface area contributed by atoms with Crippen molar-refractivity contribution in [3.05, 3.63) is 28.8 Å². The first-order valence-corrected chi connectivity index (χ1v) is 5.22. The van der Waals surface area contributed by atoms with Gasteiger partial charge in [-0.05, 0) is 30.8 Å². The van der Waals surface area contributed by atoms with Crippen molar-refractivity contribution >= 4 is 17.3 Å². The number of nitrogens with two attached hydrogens (primary N) is 1. The molecule has 0 aromatic heterocycles. The van der Waals surface area contributed by atoms with Crippen LogP contribution in [0.1, 0.15) is 5.56 Å². The molecule has 0 aliphatic carbocycles. The van der Waals surface area contributed by atoms with Crippen molar-refractivity contribution in [1.82, 2.24) is 4.90 Å². The number of likely N-dealkylation sites (N-methyl/N-ethyl adjacent to an activating group) is 1. The number of benzene rings is 1. The number of anilines is 1. The fraction of sp³-hybridized carbons (Fsp3) is 0.455. The highest BCUT2D eigenvalue weighted by Crippen LogP contribution is 2.18. The molecule has 2 N–H and O–H groups in total. The lowest BCUT2D eigenvalue weighted by atomic mass is 10.2. The molecule has 0 heterocycles. The van der Waals surface area contributed by atoms with Crippen LogP contribution in [0.4, 0.5) is 5.69 Å². The van der Waals surface area contributed by atoms with E-state index in [1.54, 1.807) is 13.2 Å². The minimum atomic E-state index is 0.719. The van der Waals surface area contributed by atoms with Crippen LogP contribution in [0.3, 0.4) is 0 Å². The number of ether oxygens (including phenoxy) is 1. The molecule has 0 saturated heterocycles. The van der Waals surface area contributed by atoms with Crippen LogP contribution >= 0.6 is 11.6 Å². The van der Waals surface area contributed by atoms with E-state index in [9.17, 15) is 0 Å². The summed E-state index contributed by atoms with van der Waals surface area (Å²) >= 11 is 5.91. The highest BCUT2D eigenvalue weighted by Gasteiger charge is 2.04. The maximum atomic E-state index is 5.91. The van der Waals surface area contributed by atoms with Crippen LogP contribution in [0.25, 0.3) is 0 Å². The van der Waals surface area contributed by atoms with Gasteiger partial charge in [0.15, 0.2) is 0 Å². The Hall–Kier alpha value is -0.770. The van der Waals surface area contributed by atoms with Gasteiger partial charge in [-0.2, -0.15) is 0 Å². The van der Waals surface area contributed by atoms with E-state index in [1.807, 2.05) is 19.2 Å². The molecule has 1 aromatic rings. The zero-order valence-electron chi connectivity index (χ0n) is 9.16. The van der Waals surface area contributed by atoms with Crippen molar-refractivity contribution in [3.8, 4) is 0 Å². The molecular weight excluding hydrogens is 212 g/mol. The number of hydrogen-bond donors (Lipinski definition) is 1. The highest BCUT2D eigenvalue weighted by molar-refractivity contribution is 6.30. The van der Waals surface area contributed by atoms with Gasteiger partial charge in [0, 0.05) is 30.9 Å². The third-order valence-electron chi connectivity index (χ3n) is 2.22. The zero-order valence-corrected chi connectivity index (χ0v) is 9.92. The minimum Gasteiger partial charge on any atom is -0.398 e. The number of hydrogen-bond acceptors (Lipinski definition) is 3. The Labute approximate surface area is 95.8 Å². The summed E-state index contributed by atoms with van der Waals surface area (Å²) in [5.41, 5.74) is 7.69. The lowest BCUT2D eigenvalue weighted by molar-refractivity contribution is 0.159. The molecule has 0 radical (unpaired) electrons. The molecule has 0 atom stereocenters. The van der Waals surface area contributed by atoms with Crippen molar-refractivity contribution in [2.24, 2.45) is 0 Å². The quantitative estimate of drug-likeness (QED) is 0.784. The molecule has 0 aliphatic rings. The van der Waals surface area contributed by atoms with Crippen LogP contribution in [0.2, 0.25) is 5.02 Å². The van der Waals surface area contributed by atoms with Gasteiger partial charge in [-0.1, -0.05) is 11.6 Å². The lowest BCUT2D eigenvalue weighted by Crippen LogP contribution is -2.22. The molecule has 0 saturated carbocycles. The topological polar surface area (TPSA) is 38.5 Å². The predicted octanol–water partition coefficient (Wildman–Crippen LogP) is 2.00. The third kappa shape index (κ3) is 4.08. The Morgan fingerprint density at radius 2 is 2.20 bits per heavy atom. The van der Waals surface area contributed by atoms with Crippen LogP contribution < -0.4 is 5.73 Å². The Bertz CT molecular complexity index is 317. The van der Waals surface area contributed by atoms with Gasteiger partial charge in [-0.15, -0.1) is 0 Å². The van der Waals surface area contributed by atoms with Crippen molar-refractivity contribution in [2.75, 3.05) is 33.0 Å². The van der Waals surface area contributed by atoms with E-state index < -0.39 is 0 Å². The number of nitrogen functional groups attached to an aromatic ring is 1. The standard InChI is InChI=1S/C11H17ClN2O/c1-14(5-6-15-2)8-9-7-10(12)3-4-11(9)13/h3-4,7H,5-6,8,13H2,1-2H3. The number of nitrogens with zero attached hydrogens (tertiary/aromatic N) is 1. The van der Waals surface area contributed by atoms with E-state index in [0.29, 0.717) is 0 Å². The summed E-state index contributed by atoms with van der Waals surface area (Å²) in [7, 11) is 3.72. The van der Waals surface area contributed by atoms with E-state index in [2.05, 4.69) is 4.90 Å². The largest absolute Gasteiger partial charge is 0.398 e. The second kappa shape index (κ2) is 5.95. The van der Waals surface area contributed by atoms with Crippen molar-refractivity contribution in [2.45, 2.75) is 6.54 Å². The van der Waals surface area contributed by atoms with Gasteiger partial charge in [0.05, 0.1) is 6.61 Å². The maximum absolute atomic E-state index is 5.91. The van der Waals surface area contributed by atoms with Gasteiger partial charge in [-0.25, -0.2) is 0 Å². The summed E-state index contributed by atoms with van der Waals surface area (Å²) in [6.45, 7) is 2.38. The second-order valence-corrected chi connectivity index (χ2v) is 4.01. The van der Waals surface area contributed by atoms with E-state index in [0.717, 1.165) is 36.0 Å². The summed E-state index contributed by atoms with van der Waals surface area (Å²) in [4.78, 5) is 2.14. The molecule has 1 aromatic carbocycles. The van der Waals surface area contributed by atoms with Crippen molar-refractivity contribution in [1.29, 1.82) is 0 Å². The van der Waals surface area contributed by atoms with E-state index in [-0.39, 0.29) is 0 Å². The lowest BCUT2D eigenvalue weighted by Gasteiger charge is -2.17. The van der Waals surface area contributed by atoms with Crippen LogP contribution in [0.15, 0.2) is 18.2 Å². The van der Waals surface area contributed by atoms with Crippen molar-refractivity contribution in [3.63, 3.8) is 0 Å². The predicted molar refractivity (Wildman–Crippen MR) is 64.1 cm³/mol. The molecule has 0 unspecified atom stereocenters. The first-order valence-electron chi connectivity index (χ1n) is 4.85. The van der Waals surface area contributed by atoms with Gasteiger partial charge in [0.1, 0.15) is 0 Å². The molecule has 1 rings (SSSR count). The number of methoxy groups -OCH3 is 1. The van der Waals surface area contributed by atoms with E-state index in [1.165, 1.54) is 0 Å². The fourth-order valence-corrected chi connectivity index (χ4v) is 1.52. The van der Waals surface area contributed by atoms with Gasteiger partial charge in [0.25, 0.3) is 0 Å². The van der Waals surface area contributed by atoms with Crippen LogP contribution in [0.5, 0.6) is 0 Å². The van der Waals surface area contributed by atoms with Crippen LogP contribution in [0, 0.1) is 0 Å². The molecular formula is C11H17ClN2O. The molecule has 4 heteroatoms. The smallest absolute Gasteiger partial charge is 0.0589 e. The first-order chi connectivity index (χ1) is 7.13. The number of rotatable bonds is 5. The molecule has 0 aliphatic heterocycles. The van der Waals surface area contributed by atoms with Gasteiger partial charge in [-0.3, -0.25) is 4.90 Å². The van der Waals surface area contributed by atoms with Gasteiger partial charge >= 0.3 is 0 Å². The van der Waals surface area contributed by atoms with Crippen LogP contribution in [-0.2, 0) is 11.3 Å². The summed E-state index contributed by atoms with van der Waals surface area (Å²) in [6, 6.07) is 5.54. The monoisotopic (exact) mass is 228 g/mol. The molecule has 0 amide bonds. The molecule has 0 bridgehead atoms. The average Bonchev–Trinajstić information content (AvgIpc) is 2.20. The highest BCUT2D eigenvalue weighted by atomic mass is 35.5. The average molecular weight is 229 g/mol. The SMILES string of the molecule is COCCN(C)Cc1cc(Cl)ccc1N. The van der Waals surface area contributed by atoms with Crippen LogP contribution in [-0.4, -0.2) is 32.2 Å². The van der Waals surface area contributed by atoms with Gasteiger partial charge in [0.2, 0.25) is 0 Å². The molecule has 3 nitrogen and oxygen atoms in total. The summed E-state index contributed by atoms with van der Waals surface area (Å²) in [6.07, 6.45) is 0. The summed E-state index contributed by atoms with van der Waals surface area (Å²) in [5.74, 6) is 0. The molecule has 0 fully saturated rings. The normalized spacial score (nSPS) is 10.9. The molecule has 15 heavy (non-hydrogen) atoms. The number of halogens is 1. The summed E-state index contributed by atoms with van der Waals surface area (Å²) in [5, 5.41) is 0.722. The van der Waals surface area contributed by atoms with Crippen molar-refractivity contribution < 1.29 is 4.74 Å². The van der Waals surface area contributed by atoms with E-state index >= 15 is 0 Å². The second-order valence-electron chi connectivity index (χ2n) is 3.57. The maximum Gasteiger partial charge on any atom is 0.0589 e. The summed E-state index contributed by atoms with van der Waals surface area (Å²) < 4.78 is 5.01. The Balaban J connectivity index is 2.59. The Kier molecular flexibility index (Phi) is 4.88. The first kappa shape index (κ1) is 12.3. The Morgan fingerprint density at radius 1 is 1.47 bits per heavy atom. The van der Waals surface area contributed by atoms with E-state index in [4.69, 9.17) is 22.1 Å². The fourth-order valence-electron chi connectivity index (χ4n) is 1.33. The molecule has 0 spiro atoms. The zero-order chi connectivity index (χ0) is 11.3. The minimum absolute atomic E-state index is 0.719. The third-order valence-corrected chi connectivity index (χ3v) is 2.46. The molecule has 84 valence electrons.